The first kappa shape index (κ1) is 14.7. The molecule has 2 atom stereocenters. The zero-order valence-electron chi connectivity index (χ0n) is 12.3. The second-order valence-corrected chi connectivity index (χ2v) is 6.16. The molecule has 1 aromatic rings. The number of hydrogen-bond acceptors (Lipinski definition) is 2. The lowest BCUT2D eigenvalue weighted by Crippen LogP contribution is -2.29. The number of benzene rings is 1. The van der Waals surface area contributed by atoms with Crippen molar-refractivity contribution in [2.75, 3.05) is 13.2 Å². The lowest BCUT2D eigenvalue weighted by molar-refractivity contribution is 0.292. The molecule has 19 heavy (non-hydrogen) atoms. The van der Waals surface area contributed by atoms with E-state index in [4.69, 9.17) is 16.3 Å². The highest BCUT2D eigenvalue weighted by Gasteiger charge is 2.27. The monoisotopic (exact) mass is 281 g/mol. The van der Waals surface area contributed by atoms with Gasteiger partial charge >= 0.3 is 0 Å². The van der Waals surface area contributed by atoms with Crippen LogP contribution in [0.4, 0.5) is 0 Å². The Morgan fingerprint density at radius 2 is 2.05 bits per heavy atom. The summed E-state index contributed by atoms with van der Waals surface area (Å²) < 4.78 is 5.84. The van der Waals surface area contributed by atoms with Crippen LogP contribution in [0.15, 0.2) is 12.1 Å². The Labute approximate surface area is 121 Å². The highest BCUT2D eigenvalue weighted by Crippen LogP contribution is 2.40. The van der Waals surface area contributed by atoms with Crippen molar-refractivity contribution in [3.63, 3.8) is 0 Å². The molecule has 0 bridgehead atoms. The standard InChI is InChI=1S/C16H24ClNO/c1-5-18-15(11(4)10(2)3)14-9-13(17)8-12-6-7-19-16(12)14/h8-11,15,18H,5-7H2,1-4H3. The van der Waals surface area contributed by atoms with E-state index in [0.29, 0.717) is 17.9 Å². The van der Waals surface area contributed by atoms with Gasteiger partial charge in [-0.1, -0.05) is 39.3 Å². The molecule has 0 radical (unpaired) electrons. The van der Waals surface area contributed by atoms with Gasteiger partial charge in [0.25, 0.3) is 0 Å². The molecule has 1 heterocycles. The first-order valence-electron chi connectivity index (χ1n) is 7.23. The molecule has 0 fully saturated rings. The molecular weight excluding hydrogens is 258 g/mol. The average molecular weight is 282 g/mol. The smallest absolute Gasteiger partial charge is 0.127 e. The van der Waals surface area contributed by atoms with Gasteiger partial charge in [-0.05, 0) is 36.1 Å². The molecule has 0 saturated heterocycles. The number of halogens is 1. The van der Waals surface area contributed by atoms with E-state index in [9.17, 15) is 0 Å². The Kier molecular flexibility index (Phi) is 4.75. The van der Waals surface area contributed by atoms with Crippen molar-refractivity contribution in [1.82, 2.24) is 5.32 Å². The minimum absolute atomic E-state index is 0.301. The molecule has 2 nitrogen and oxygen atoms in total. The van der Waals surface area contributed by atoms with E-state index < -0.39 is 0 Å². The highest BCUT2D eigenvalue weighted by molar-refractivity contribution is 6.30. The minimum Gasteiger partial charge on any atom is -0.493 e. The Balaban J connectivity index is 2.41. The van der Waals surface area contributed by atoms with Crippen molar-refractivity contribution < 1.29 is 4.74 Å². The normalized spacial score (nSPS) is 17.2. The van der Waals surface area contributed by atoms with Gasteiger partial charge in [0.05, 0.1) is 6.61 Å². The Morgan fingerprint density at radius 1 is 1.32 bits per heavy atom. The molecule has 106 valence electrons. The molecule has 1 aliphatic heterocycles. The predicted octanol–water partition coefficient (Wildman–Crippen LogP) is 4.22. The molecule has 3 heteroatoms. The van der Waals surface area contributed by atoms with Crippen molar-refractivity contribution in [2.45, 2.75) is 40.2 Å². The van der Waals surface area contributed by atoms with Gasteiger partial charge in [-0.15, -0.1) is 0 Å². The number of rotatable bonds is 5. The molecule has 2 unspecified atom stereocenters. The van der Waals surface area contributed by atoms with Crippen molar-refractivity contribution in [2.24, 2.45) is 11.8 Å². The largest absolute Gasteiger partial charge is 0.493 e. The van der Waals surface area contributed by atoms with Crippen LogP contribution in [0, 0.1) is 11.8 Å². The Morgan fingerprint density at radius 3 is 2.68 bits per heavy atom. The van der Waals surface area contributed by atoms with Crippen molar-refractivity contribution in [1.29, 1.82) is 0 Å². The topological polar surface area (TPSA) is 21.3 Å². The summed E-state index contributed by atoms with van der Waals surface area (Å²) in [5, 5.41) is 4.42. The maximum absolute atomic E-state index is 6.27. The fourth-order valence-corrected chi connectivity index (χ4v) is 2.96. The van der Waals surface area contributed by atoms with Gasteiger partial charge in [0, 0.05) is 23.0 Å². The maximum atomic E-state index is 6.27. The maximum Gasteiger partial charge on any atom is 0.127 e. The average Bonchev–Trinajstić information content (AvgIpc) is 2.82. The van der Waals surface area contributed by atoms with E-state index in [1.165, 1.54) is 11.1 Å². The van der Waals surface area contributed by atoms with E-state index in [1.807, 2.05) is 6.07 Å². The zero-order chi connectivity index (χ0) is 14.0. The van der Waals surface area contributed by atoms with Crippen LogP contribution in [0.2, 0.25) is 5.02 Å². The zero-order valence-corrected chi connectivity index (χ0v) is 13.1. The third-order valence-corrected chi connectivity index (χ3v) is 4.33. The number of ether oxygens (including phenoxy) is 1. The highest BCUT2D eigenvalue weighted by atomic mass is 35.5. The van der Waals surface area contributed by atoms with E-state index in [0.717, 1.165) is 30.3 Å². The van der Waals surface area contributed by atoms with E-state index in [-0.39, 0.29) is 0 Å². The summed E-state index contributed by atoms with van der Waals surface area (Å²) in [4.78, 5) is 0. The molecule has 1 aliphatic rings. The SMILES string of the molecule is CCNC(c1cc(Cl)cc2c1OCC2)C(C)C(C)C. The first-order valence-corrected chi connectivity index (χ1v) is 7.60. The summed E-state index contributed by atoms with van der Waals surface area (Å²) in [6, 6.07) is 4.41. The fourth-order valence-electron chi connectivity index (χ4n) is 2.71. The van der Waals surface area contributed by atoms with Crippen LogP contribution in [-0.2, 0) is 6.42 Å². The van der Waals surface area contributed by atoms with Gasteiger partial charge in [-0.25, -0.2) is 0 Å². The van der Waals surface area contributed by atoms with E-state index in [1.54, 1.807) is 0 Å². The number of nitrogens with one attached hydrogen (secondary N) is 1. The van der Waals surface area contributed by atoms with Gasteiger partial charge in [0.15, 0.2) is 0 Å². The quantitative estimate of drug-likeness (QED) is 0.873. The second-order valence-electron chi connectivity index (χ2n) is 5.72. The molecule has 1 N–H and O–H groups in total. The third kappa shape index (κ3) is 3.06. The molecule has 0 saturated carbocycles. The summed E-state index contributed by atoms with van der Waals surface area (Å²) >= 11 is 6.27. The van der Waals surface area contributed by atoms with Crippen LogP contribution in [0.25, 0.3) is 0 Å². The first-order chi connectivity index (χ1) is 9.04. The summed E-state index contributed by atoms with van der Waals surface area (Å²) in [5.74, 6) is 2.20. The molecule has 0 aromatic heterocycles. The second kappa shape index (κ2) is 6.15. The molecule has 0 amide bonds. The molecule has 1 aromatic carbocycles. The minimum atomic E-state index is 0.301. The summed E-state index contributed by atoms with van der Waals surface area (Å²) in [6.45, 7) is 10.7. The molecule has 2 rings (SSSR count). The van der Waals surface area contributed by atoms with Crippen LogP contribution >= 0.6 is 11.6 Å². The molecule has 0 spiro atoms. The molecule has 0 aliphatic carbocycles. The van der Waals surface area contributed by atoms with Gasteiger partial charge in [-0.3, -0.25) is 0 Å². The molecular formula is C16H24ClNO. The van der Waals surface area contributed by atoms with Crippen LogP contribution in [0.3, 0.4) is 0 Å². The van der Waals surface area contributed by atoms with Crippen LogP contribution in [-0.4, -0.2) is 13.2 Å². The third-order valence-electron chi connectivity index (χ3n) is 4.11. The van der Waals surface area contributed by atoms with Gasteiger partial charge in [0.1, 0.15) is 5.75 Å². The number of hydrogen-bond donors (Lipinski definition) is 1. The predicted molar refractivity (Wildman–Crippen MR) is 81.1 cm³/mol. The Hall–Kier alpha value is -0.730. The van der Waals surface area contributed by atoms with Crippen molar-refractivity contribution >= 4 is 11.6 Å². The number of fused-ring (bicyclic) bond motifs is 1. The fraction of sp³-hybridized carbons (Fsp3) is 0.625. The van der Waals surface area contributed by atoms with E-state index >= 15 is 0 Å². The van der Waals surface area contributed by atoms with Gasteiger partial charge in [-0.2, -0.15) is 0 Å². The van der Waals surface area contributed by atoms with Gasteiger partial charge in [0.2, 0.25) is 0 Å². The lowest BCUT2D eigenvalue weighted by atomic mass is 9.85. The van der Waals surface area contributed by atoms with Crippen molar-refractivity contribution in [3.05, 3.63) is 28.3 Å². The summed E-state index contributed by atoms with van der Waals surface area (Å²) in [5.41, 5.74) is 2.48. The van der Waals surface area contributed by atoms with Gasteiger partial charge < -0.3 is 10.1 Å². The Bertz CT molecular complexity index is 445. The summed E-state index contributed by atoms with van der Waals surface area (Å²) in [6.07, 6.45) is 0.970. The van der Waals surface area contributed by atoms with Crippen LogP contribution in [0.1, 0.15) is 44.9 Å². The van der Waals surface area contributed by atoms with Crippen LogP contribution < -0.4 is 10.1 Å². The van der Waals surface area contributed by atoms with Crippen molar-refractivity contribution in [3.8, 4) is 5.75 Å². The lowest BCUT2D eigenvalue weighted by Gasteiger charge is -2.29. The van der Waals surface area contributed by atoms with Crippen LogP contribution in [0.5, 0.6) is 5.75 Å². The van der Waals surface area contributed by atoms with E-state index in [2.05, 4.69) is 39.1 Å². The summed E-state index contributed by atoms with van der Waals surface area (Å²) in [7, 11) is 0.